The highest BCUT2D eigenvalue weighted by Crippen LogP contribution is 2.17. The molecule has 2 rings (SSSR count). The van der Waals surface area contributed by atoms with Gasteiger partial charge in [-0.05, 0) is 61.4 Å². The Balaban J connectivity index is 1.58. The van der Waals surface area contributed by atoms with E-state index in [0.717, 1.165) is 62.0 Å². The minimum Gasteiger partial charge on any atom is -0.494 e. The summed E-state index contributed by atoms with van der Waals surface area (Å²) in [5, 5.41) is 6.84. The first-order valence-corrected chi connectivity index (χ1v) is 10.7. The summed E-state index contributed by atoms with van der Waals surface area (Å²) in [6.45, 7) is 7.63. The molecule has 0 radical (unpaired) electrons. The van der Waals surface area contributed by atoms with E-state index in [2.05, 4.69) is 48.7 Å². The Morgan fingerprint density at radius 1 is 0.571 bits per heavy atom. The number of ether oxygens (including phenoxy) is 2. The largest absolute Gasteiger partial charge is 0.494 e. The molecular formula is C24H36N2O2. The molecule has 28 heavy (non-hydrogen) atoms. The van der Waals surface area contributed by atoms with Gasteiger partial charge in [0, 0.05) is 24.5 Å². The van der Waals surface area contributed by atoms with Gasteiger partial charge in [-0.25, -0.2) is 0 Å². The van der Waals surface area contributed by atoms with E-state index in [1.165, 1.54) is 25.7 Å². The molecule has 154 valence electrons. The predicted octanol–water partition coefficient (Wildman–Crippen LogP) is 6.35. The van der Waals surface area contributed by atoms with E-state index in [-0.39, 0.29) is 0 Å². The van der Waals surface area contributed by atoms with Crippen LogP contribution in [0.15, 0.2) is 48.5 Å². The Morgan fingerprint density at radius 3 is 1.57 bits per heavy atom. The van der Waals surface area contributed by atoms with Crippen LogP contribution in [0.2, 0.25) is 0 Å². The summed E-state index contributed by atoms with van der Waals surface area (Å²) in [7, 11) is 0. The van der Waals surface area contributed by atoms with Gasteiger partial charge in [0.05, 0.1) is 13.2 Å². The molecule has 2 N–H and O–H groups in total. The number of rotatable bonds is 15. The summed E-state index contributed by atoms with van der Waals surface area (Å²) >= 11 is 0. The zero-order valence-corrected chi connectivity index (χ0v) is 17.5. The zero-order valence-electron chi connectivity index (χ0n) is 17.5. The van der Waals surface area contributed by atoms with Gasteiger partial charge in [-0.2, -0.15) is 0 Å². The molecule has 2 aromatic rings. The van der Waals surface area contributed by atoms with Crippen LogP contribution >= 0.6 is 0 Å². The van der Waals surface area contributed by atoms with Crippen molar-refractivity contribution in [1.29, 1.82) is 0 Å². The molecule has 0 aliphatic heterocycles. The van der Waals surface area contributed by atoms with Crippen molar-refractivity contribution in [2.45, 2.75) is 52.4 Å². The van der Waals surface area contributed by atoms with Gasteiger partial charge in [0.15, 0.2) is 0 Å². The smallest absolute Gasteiger partial charge is 0.119 e. The Bertz CT molecular complexity index is 626. The molecule has 0 fully saturated rings. The van der Waals surface area contributed by atoms with Crippen LogP contribution in [0.25, 0.3) is 0 Å². The number of nitrogens with one attached hydrogen (secondary N) is 2. The number of benzene rings is 2. The molecule has 0 unspecified atom stereocenters. The van der Waals surface area contributed by atoms with Crippen molar-refractivity contribution in [3.63, 3.8) is 0 Å². The van der Waals surface area contributed by atoms with Crippen molar-refractivity contribution in [3.05, 3.63) is 48.5 Å². The fourth-order valence-electron chi connectivity index (χ4n) is 2.87. The van der Waals surface area contributed by atoms with Crippen molar-refractivity contribution in [2.24, 2.45) is 0 Å². The second-order valence-corrected chi connectivity index (χ2v) is 7.01. The van der Waals surface area contributed by atoms with Crippen molar-refractivity contribution in [2.75, 3.05) is 36.9 Å². The molecule has 0 atom stereocenters. The summed E-state index contributed by atoms with van der Waals surface area (Å²) in [5.74, 6) is 1.87. The van der Waals surface area contributed by atoms with Crippen LogP contribution in [-0.4, -0.2) is 26.3 Å². The lowest BCUT2D eigenvalue weighted by Crippen LogP contribution is -2.13. The number of anilines is 2. The Labute approximate surface area is 170 Å². The van der Waals surface area contributed by atoms with E-state index >= 15 is 0 Å². The molecule has 0 amide bonds. The minimum absolute atomic E-state index is 0.763. The Morgan fingerprint density at radius 2 is 1.07 bits per heavy atom. The zero-order chi connectivity index (χ0) is 19.9. The van der Waals surface area contributed by atoms with Crippen LogP contribution in [0.4, 0.5) is 11.4 Å². The fourth-order valence-corrected chi connectivity index (χ4v) is 2.87. The lowest BCUT2D eigenvalue weighted by Gasteiger charge is -2.11. The van der Waals surface area contributed by atoms with Gasteiger partial charge < -0.3 is 20.1 Å². The van der Waals surface area contributed by atoms with Crippen LogP contribution in [0, 0.1) is 0 Å². The monoisotopic (exact) mass is 384 g/mol. The SMILES string of the molecule is CCCCCCCOc1ccc(NCCNc2ccc(OCCC)cc2)cc1. The van der Waals surface area contributed by atoms with Crippen molar-refractivity contribution in [1.82, 2.24) is 0 Å². The maximum absolute atomic E-state index is 5.81. The maximum atomic E-state index is 5.81. The summed E-state index contributed by atoms with van der Waals surface area (Å²) in [4.78, 5) is 0. The van der Waals surface area contributed by atoms with Crippen LogP contribution in [-0.2, 0) is 0 Å². The van der Waals surface area contributed by atoms with Crippen LogP contribution in [0.5, 0.6) is 11.5 Å². The maximum Gasteiger partial charge on any atom is 0.119 e. The van der Waals surface area contributed by atoms with Gasteiger partial charge >= 0.3 is 0 Å². The van der Waals surface area contributed by atoms with Gasteiger partial charge in [0.2, 0.25) is 0 Å². The molecule has 0 bridgehead atoms. The van der Waals surface area contributed by atoms with Gasteiger partial charge in [-0.3, -0.25) is 0 Å². The molecule has 0 saturated heterocycles. The molecule has 0 spiro atoms. The summed E-state index contributed by atoms with van der Waals surface area (Å²) in [5.41, 5.74) is 2.22. The van der Waals surface area contributed by atoms with Crippen molar-refractivity contribution >= 4 is 11.4 Å². The van der Waals surface area contributed by atoms with Gasteiger partial charge in [0.1, 0.15) is 11.5 Å². The third kappa shape index (κ3) is 9.03. The third-order valence-corrected chi connectivity index (χ3v) is 4.48. The van der Waals surface area contributed by atoms with Crippen molar-refractivity contribution in [3.8, 4) is 11.5 Å². The lowest BCUT2D eigenvalue weighted by atomic mass is 10.2. The third-order valence-electron chi connectivity index (χ3n) is 4.48. The van der Waals surface area contributed by atoms with E-state index in [0.29, 0.717) is 0 Å². The highest BCUT2D eigenvalue weighted by Gasteiger charge is 1.98. The quantitative estimate of drug-likeness (QED) is 0.351. The fraction of sp³-hybridized carbons (Fsp3) is 0.500. The molecule has 4 nitrogen and oxygen atoms in total. The molecule has 0 heterocycles. The van der Waals surface area contributed by atoms with E-state index in [4.69, 9.17) is 9.47 Å². The summed E-state index contributed by atoms with van der Waals surface area (Å²) in [6, 6.07) is 16.4. The first-order valence-electron chi connectivity index (χ1n) is 10.7. The van der Waals surface area contributed by atoms with Crippen LogP contribution in [0.1, 0.15) is 52.4 Å². The number of hydrogen-bond donors (Lipinski definition) is 2. The second kappa shape index (κ2) is 13.8. The van der Waals surface area contributed by atoms with E-state index < -0.39 is 0 Å². The lowest BCUT2D eigenvalue weighted by molar-refractivity contribution is 0.304. The Hall–Kier alpha value is -2.36. The first kappa shape index (κ1) is 21.9. The normalized spacial score (nSPS) is 10.5. The first-order chi connectivity index (χ1) is 13.8. The molecule has 4 heteroatoms. The predicted molar refractivity (Wildman–Crippen MR) is 120 cm³/mol. The standard InChI is InChI=1S/C24H36N2O2/c1-3-5-6-7-8-20-28-24-15-11-22(12-16-24)26-18-17-25-21-9-13-23(14-10-21)27-19-4-2/h9-16,25-26H,3-8,17-20H2,1-2H3. The Kier molecular flexibility index (Phi) is 10.8. The second-order valence-electron chi connectivity index (χ2n) is 7.01. The highest BCUT2D eigenvalue weighted by atomic mass is 16.5. The van der Waals surface area contributed by atoms with Crippen LogP contribution < -0.4 is 20.1 Å². The van der Waals surface area contributed by atoms with Crippen LogP contribution in [0.3, 0.4) is 0 Å². The molecule has 0 aliphatic rings. The van der Waals surface area contributed by atoms with Gasteiger partial charge in [-0.15, -0.1) is 0 Å². The molecule has 0 saturated carbocycles. The number of hydrogen-bond acceptors (Lipinski definition) is 4. The van der Waals surface area contributed by atoms with E-state index in [1.807, 2.05) is 24.3 Å². The van der Waals surface area contributed by atoms with Crippen molar-refractivity contribution < 1.29 is 9.47 Å². The highest BCUT2D eigenvalue weighted by molar-refractivity contribution is 5.48. The molecule has 0 aromatic heterocycles. The van der Waals surface area contributed by atoms with Gasteiger partial charge in [-0.1, -0.05) is 39.5 Å². The average Bonchev–Trinajstić information content (AvgIpc) is 2.74. The number of unbranched alkanes of at least 4 members (excludes halogenated alkanes) is 4. The summed E-state index contributed by atoms with van der Waals surface area (Å²) < 4.78 is 11.4. The summed E-state index contributed by atoms with van der Waals surface area (Å²) in [6.07, 6.45) is 7.34. The molecule has 2 aromatic carbocycles. The average molecular weight is 385 g/mol. The van der Waals surface area contributed by atoms with Gasteiger partial charge in [0.25, 0.3) is 0 Å². The minimum atomic E-state index is 0.763. The topological polar surface area (TPSA) is 42.5 Å². The van der Waals surface area contributed by atoms with E-state index in [1.54, 1.807) is 0 Å². The molecular weight excluding hydrogens is 348 g/mol. The van der Waals surface area contributed by atoms with E-state index in [9.17, 15) is 0 Å². The molecule has 0 aliphatic carbocycles.